The molecule has 1 N–H and O–H groups in total. The van der Waals surface area contributed by atoms with Gasteiger partial charge in [0.2, 0.25) is 5.91 Å². The number of nitrogens with one attached hydrogen (secondary N) is 1. The smallest absolute Gasteiger partial charge is 0.410 e. The third-order valence-electron chi connectivity index (χ3n) is 3.79. The van der Waals surface area contributed by atoms with E-state index < -0.39 is 17.7 Å². The number of likely N-dealkylation sites (tertiary alicyclic amines) is 1. The predicted molar refractivity (Wildman–Crippen MR) is 88.8 cm³/mol. The minimum atomic E-state index is -0.600. The molecule has 1 aliphatic rings. The summed E-state index contributed by atoms with van der Waals surface area (Å²) in [6.45, 7) is 6.14. The maximum Gasteiger partial charge on any atom is 0.410 e. The summed E-state index contributed by atoms with van der Waals surface area (Å²) in [5.41, 5.74) is 0.0832. The minimum absolute atomic E-state index is 0.231. The first kappa shape index (κ1) is 18.2. The van der Waals surface area contributed by atoms with E-state index in [9.17, 15) is 14.0 Å². The molecule has 1 aromatic rings. The first-order valence-corrected chi connectivity index (χ1v) is 8.28. The fraction of sp³-hybridized carbons (Fsp3) is 0.556. The van der Waals surface area contributed by atoms with Gasteiger partial charge < -0.3 is 10.1 Å². The second kappa shape index (κ2) is 7.64. The van der Waals surface area contributed by atoms with Gasteiger partial charge in [0.25, 0.3) is 0 Å². The van der Waals surface area contributed by atoms with Gasteiger partial charge in [0.15, 0.2) is 0 Å². The Hall–Kier alpha value is -2.11. The Morgan fingerprint density at radius 3 is 2.75 bits per heavy atom. The molecule has 1 atom stereocenters. The zero-order chi connectivity index (χ0) is 17.7. The second-order valence-electron chi connectivity index (χ2n) is 7.03. The summed E-state index contributed by atoms with van der Waals surface area (Å²) in [6, 6.07) is 5.55. The molecule has 5 nitrogen and oxygen atoms in total. The van der Waals surface area contributed by atoms with E-state index in [-0.39, 0.29) is 18.3 Å². The van der Waals surface area contributed by atoms with Crippen LogP contribution in [0.2, 0.25) is 0 Å². The van der Waals surface area contributed by atoms with Crippen molar-refractivity contribution < 1.29 is 18.7 Å². The van der Waals surface area contributed by atoms with Crippen LogP contribution in [0.25, 0.3) is 0 Å². The fourth-order valence-corrected chi connectivity index (χ4v) is 2.70. The molecule has 1 aromatic carbocycles. The van der Waals surface area contributed by atoms with Crippen molar-refractivity contribution in [2.24, 2.45) is 0 Å². The number of piperidine rings is 1. The normalized spacial score (nSPS) is 18.2. The van der Waals surface area contributed by atoms with Gasteiger partial charge >= 0.3 is 6.09 Å². The summed E-state index contributed by atoms with van der Waals surface area (Å²) < 4.78 is 18.6. The highest BCUT2D eigenvalue weighted by Crippen LogP contribution is 2.20. The van der Waals surface area contributed by atoms with Crippen molar-refractivity contribution in [3.05, 3.63) is 35.6 Å². The largest absolute Gasteiger partial charge is 0.444 e. The quantitative estimate of drug-likeness (QED) is 0.922. The molecule has 132 valence electrons. The number of nitrogens with zero attached hydrogens (tertiary/aromatic N) is 1. The lowest BCUT2D eigenvalue weighted by Crippen LogP contribution is -2.52. The van der Waals surface area contributed by atoms with Crippen molar-refractivity contribution in [2.75, 3.05) is 6.54 Å². The number of hydrogen-bond donors (Lipinski definition) is 1. The van der Waals surface area contributed by atoms with E-state index in [0.717, 1.165) is 12.8 Å². The van der Waals surface area contributed by atoms with Crippen molar-refractivity contribution >= 4 is 12.0 Å². The molecule has 0 radical (unpaired) electrons. The van der Waals surface area contributed by atoms with Crippen molar-refractivity contribution in [2.45, 2.75) is 58.2 Å². The number of carbonyl (C=O) groups excluding carboxylic acids is 2. The maximum absolute atomic E-state index is 13.2. The van der Waals surface area contributed by atoms with Crippen LogP contribution in [0.3, 0.4) is 0 Å². The molecule has 2 rings (SSSR count). The van der Waals surface area contributed by atoms with E-state index in [2.05, 4.69) is 5.32 Å². The van der Waals surface area contributed by atoms with Crippen molar-refractivity contribution in [3.8, 4) is 0 Å². The number of rotatable bonds is 3. The molecule has 1 saturated heterocycles. The molecular weight excluding hydrogens is 311 g/mol. The molecule has 0 bridgehead atoms. The number of halogens is 1. The van der Waals surface area contributed by atoms with Crippen LogP contribution in [-0.4, -0.2) is 35.1 Å². The summed E-state index contributed by atoms with van der Waals surface area (Å²) in [6.07, 6.45) is 1.88. The van der Waals surface area contributed by atoms with Gasteiger partial charge in [-0.3, -0.25) is 9.69 Å². The molecule has 24 heavy (non-hydrogen) atoms. The molecule has 0 aliphatic carbocycles. The van der Waals surface area contributed by atoms with Crippen LogP contribution in [0.5, 0.6) is 0 Å². The van der Waals surface area contributed by atoms with Crippen LogP contribution in [0, 0.1) is 5.82 Å². The molecule has 1 unspecified atom stereocenters. The number of hydrogen-bond acceptors (Lipinski definition) is 3. The summed E-state index contributed by atoms with van der Waals surface area (Å²) >= 11 is 0. The Morgan fingerprint density at radius 2 is 2.08 bits per heavy atom. The van der Waals surface area contributed by atoms with E-state index in [4.69, 9.17) is 4.74 Å². The number of ether oxygens (including phenoxy) is 1. The van der Waals surface area contributed by atoms with Gasteiger partial charge in [-0.05, 0) is 57.7 Å². The zero-order valence-electron chi connectivity index (χ0n) is 14.5. The predicted octanol–water partition coefficient (Wildman–Crippen LogP) is 3.23. The highest BCUT2D eigenvalue weighted by molar-refractivity contribution is 5.85. The van der Waals surface area contributed by atoms with Gasteiger partial charge in [-0.25, -0.2) is 9.18 Å². The van der Waals surface area contributed by atoms with E-state index in [1.807, 2.05) is 0 Å². The van der Waals surface area contributed by atoms with Crippen LogP contribution in [0.15, 0.2) is 24.3 Å². The number of amides is 2. The Kier molecular flexibility index (Phi) is 5.80. The standard InChI is InChI=1S/C18H25FN2O3/c1-18(2,3)24-17(23)21-10-5-4-9-15(21)16(22)20-12-13-7-6-8-14(19)11-13/h6-8,11,15H,4-5,9-10,12H2,1-3H3,(H,20,22). The molecule has 0 saturated carbocycles. The third kappa shape index (κ3) is 5.22. The summed E-state index contributed by atoms with van der Waals surface area (Å²) in [4.78, 5) is 26.3. The summed E-state index contributed by atoms with van der Waals surface area (Å²) in [5, 5.41) is 2.79. The first-order chi connectivity index (χ1) is 11.3. The average molecular weight is 336 g/mol. The van der Waals surface area contributed by atoms with Gasteiger partial charge in [-0.15, -0.1) is 0 Å². The van der Waals surface area contributed by atoms with Crippen molar-refractivity contribution in [1.82, 2.24) is 10.2 Å². The van der Waals surface area contributed by atoms with E-state index in [1.165, 1.54) is 17.0 Å². The number of benzene rings is 1. The van der Waals surface area contributed by atoms with Crippen molar-refractivity contribution in [1.29, 1.82) is 0 Å². The van der Waals surface area contributed by atoms with Gasteiger partial charge in [-0.1, -0.05) is 12.1 Å². The van der Waals surface area contributed by atoms with Gasteiger partial charge in [-0.2, -0.15) is 0 Å². The lowest BCUT2D eigenvalue weighted by atomic mass is 10.0. The van der Waals surface area contributed by atoms with E-state index in [0.29, 0.717) is 18.5 Å². The second-order valence-corrected chi connectivity index (χ2v) is 7.03. The van der Waals surface area contributed by atoms with Crippen LogP contribution in [-0.2, 0) is 16.1 Å². The Bertz CT molecular complexity index is 598. The molecule has 1 aliphatic heterocycles. The Balaban J connectivity index is 1.98. The molecule has 1 fully saturated rings. The van der Waals surface area contributed by atoms with Gasteiger partial charge in [0.1, 0.15) is 17.5 Å². The third-order valence-corrected chi connectivity index (χ3v) is 3.79. The minimum Gasteiger partial charge on any atom is -0.444 e. The molecular formula is C18H25FN2O3. The molecule has 0 spiro atoms. The monoisotopic (exact) mass is 336 g/mol. The molecule has 0 aromatic heterocycles. The first-order valence-electron chi connectivity index (χ1n) is 8.28. The van der Waals surface area contributed by atoms with Crippen molar-refractivity contribution in [3.63, 3.8) is 0 Å². The zero-order valence-corrected chi connectivity index (χ0v) is 14.5. The highest BCUT2D eigenvalue weighted by Gasteiger charge is 2.34. The van der Waals surface area contributed by atoms with E-state index in [1.54, 1.807) is 32.9 Å². The lowest BCUT2D eigenvalue weighted by molar-refractivity contribution is -0.127. The lowest BCUT2D eigenvalue weighted by Gasteiger charge is -2.35. The summed E-state index contributed by atoms with van der Waals surface area (Å²) in [7, 11) is 0. The van der Waals surface area contributed by atoms with Crippen LogP contribution in [0.4, 0.5) is 9.18 Å². The Morgan fingerprint density at radius 1 is 1.33 bits per heavy atom. The fourth-order valence-electron chi connectivity index (χ4n) is 2.70. The number of carbonyl (C=O) groups is 2. The van der Waals surface area contributed by atoms with Crippen LogP contribution in [0.1, 0.15) is 45.6 Å². The van der Waals surface area contributed by atoms with Gasteiger partial charge in [0, 0.05) is 13.1 Å². The summed E-state index contributed by atoms with van der Waals surface area (Å²) in [5.74, 6) is -0.570. The molecule has 2 amide bonds. The van der Waals surface area contributed by atoms with Crippen LogP contribution < -0.4 is 5.32 Å². The maximum atomic E-state index is 13.2. The van der Waals surface area contributed by atoms with Gasteiger partial charge in [0.05, 0.1) is 0 Å². The average Bonchev–Trinajstić information content (AvgIpc) is 2.51. The topological polar surface area (TPSA) is 58.6 Å². The SMILES string of the molecule is CC(C)(C)OC(=O)N1CCCCC1C(=O)NCc1cccc(F)c1. The Labute approximate surface area is 142 Å². The molecule has 1 heterocycles. The highest BCUT2D eigenvalue weighted by atomic mass is 19.1. The van der Waals surface area contributed by atoms with Crippen LogP contribution >= 0.6 is 0 Å². The van der Waals surface area contributed by atoms with E-state index >= 15 is 0 Å². The molecule has 6 heteroatoms.